The predicted molar refractivity (Wildman–Crippen MR) is 135 cm³/mol. The average molecular weight is 538 g/mol. The summed E-state index contributed by atoms with van der Waals surface area (Å²) in [6.07, 6.45) is 1.42. The molecule has 3 aromatic rings. The molecular weight excluding hydrogens is 517 g/mol. The number of ether oxygens (including phenoxy) is 2. The Morgan fingerprint density at radius 2 is 1.83 bits per heavy atom. The molecule has 9 heteroatoms. The number of nitriles is 1. The monoisotopic (exact) mass is 537 g/mol. The van der Waals surface area contributed by atoms with E-state index in [0.717, 1.165) is 5.56 Å². The Bertz CT molecular complexity index is 1320. The molecular formula is C26H21BrFN3O4. The maximum Gasteiger partial charge on any atom is 0.266 e. The molecule has 2 N–H and O–H groups in total. The molecule has 0 spiro atoms. The van der Waals surface area contributed by atoms with Crippen LogP contribution in [0.5, 0.6) is 11.5 Å². The lowest BCUT2D eigenvalue weighted by Crippen LogP contribution is -2.20. The number of aryl methyl sites for hydroxylation is 1. The Balaban J connectivity index is 1.74. The van der Waals surface area contributed by atoms with E-state index in [1.54, 1.807) is 24.3 Å². The van der Waals surface area contributed by atoms with Gasteiger partial charge in [0, 0.05) is 11.4 Å². The van der Waals surface area contributed by atoms with Gasteiger partial charge >= 0.3 is 0 Å². The van der Waals surface area contributed by atoms with Gasteiger partial charge in [0.05, 0.1) is 11.6 Å². The second-order valence-corrected chi connectivity index (χ2v) is 8.17. The summed E-state index contributed by atoms with van der Waals surface area (Å²) in [5.74, 6) is -0.850. The minimum Gasteiger partial charge on any atom is -0.493 e. The number of carbonyl (C=O) groups is 2. The summed E-state index contributed by atoms with van der Waals surface area (Å²) in [6.45, 7) is 1.52. The SMILES string of the molecule is COc1cc(/C=C(/C#N)C(=O)Nc2ccccc2C)cc(Br)c1OCC(=O)Nc1ccc(F)cc1. The second kappa shape index (κ2) is 11.8. The van der Waals surface area contributed by atoms with E-state index in [2.05, 4.69) is 26.6 Å². The van der Waals surface area contributed by atoms with E-state index in [1.165, 1.54) is 37.5 Å². The first-order chi connectivity index (χ1) is 16.8. The van der Waals surface area contributed by atoms with Crippen LogP contribution in [0.15, 0.2) is 70.7 Å². The fourth-order valence-corrected chi connectivity index (χ4v) is 3.62. The molecule has 3 rings (SSSR count). The number of nitrogens with zero attached hydrogens (tertiary/aromatic N) is 1. The molecule has 3 aromatic carbocycles. The highest BCUT2D eigenvalue weighted by atomic mass is 79.9. The van der Waals surface area contributed by atoms with Crippen LogP contribution in [0, 0.1) is 24.1 Å². The summed E-state index contributed by atoms with van der Waals surface area (Å²) >= 11 is 3.38. The molecule has 178 valence electrons. The Labute approximate surface area is 210 Å². The Kier molecular flexibility index (Phi) is 8.59. The third kappa shape index (κ3) is 6.91. The number of methoxy groups -OCH3 is 1. The van der Waals surface area contributed by atoms with Gasteiger partial charge in [0.15, 0.2) is 18.1 Å². The number of halogens is 2. The molecule has 0 aliphatic carbocycles. The van der Waals surface area contributed by atoms with Crippen LogP contribution in [0.25, 0.3) is 6.08 Å². The number of rotatable bonds is 8. The summed E-state index contributed by atoms with van der Waals surface area (Å²) in [7, 11) is 1.43. The topological polar surface area (TPSA) is 100 Å². The number of amides is 2. The molecule has 0 atom stereocenters. The van der Waals surface area contributed by atoms with Crippen molar-refractivity contribution < 1.29 is 23.5 Å². The first kappa shape index (κ1) is 25.5. The van der Waals surface area contributed by atoms with Crippen LogP contribution >= 0.6 is 15.9 Å². The van der Waals surface area contributed by atoms with Gasteiger partial charge in [0.2, 0.25) is 0 Å². The van der Waals surface area contributed by atoms with Crippen molar-refractivity contribution in [1.82, 2.24) is 0 Å². The van der Waals surface area contributed by atoms with Gasteiger partial charge < -0.3 is 20.1 Å². The van der Waals surface area contributed by atoms with Gasteiger partial charge in [-0.1, -0.05) is 18.2 Å². The zero-order valence-corrected chi connectivity index (χ0v) is 20.5. The zero-order valence-electron chi connectivity index (χ0n) is 18.9. The quantitative estimate of drug-likeness (QED) is 0.293. The third-order valence-corrected chi connectivity index (χ3v) is 5.39. The maximum absolute atomic E-state index is 13.0. The summed E-state index contributed by atoms with van der Waals surface area (Å²) in [4.78, 5) is 24.8. The highest BCUT2D eigenvalue weighted by Crippen LogP contribution is 2.37. The van der Waals surface area contributed by atoms with Gasteiger partial charge in [-0.3, -0.25) is 9.59 Å². The predicted octanol–water partition coefficient (Wildman–Crippen LogP) is 5.47. The lowest BCUT2D eigenvalue weighted by molar-refractivity contribution is -0.118. The van der Waals surface area contributed by atoms with E-state index in [-0.39, 0.29) is 23.7 Å². The van der Waals surface area contributed by atoms with Crippen molar-refractivity contribution in [3.05, 3.63) is 87.7 Å². The Morgan fingerprint density at radius 3 is 2.49 bits per heavy atom. The van der Waals surface area contributed by atoms with Gasteiger partial charge in [-0.25, -0.2) is 4.39 Å². The Morgan fingerprint density at radius 1 is 1.11 bits per heavy atom. The molecule has 0 aromatic heterocycles. The molecule has 7 nitrogen and oxygen atoms in total. The third-order valence-electron chi connectivity index (χ3n) is 4.80. The number of anilines is 2. The molecule has 0 aliphatic heterocycles. The van der Waals surface area contributed by atoms with Crippen LogP contribution in [0.1, 0.15) is 11.1 Å². The first-order valence-electron chi connectivity index (χ1n) is 10.3. The number of carbonyl (C=O) groups excluding carboxylic acids is 2. The first-order valence-corrected chi connectivity index (χ1v) is 11.1. The minimum atomic E-state index is -0.547. The number of hydrogen-bond donors (Lipinski definition) is 2. The van der Waals surface area contributed by atoms with Gasteiger partial charge in [0.1, 0.15) is 17.5 Å². The highest BCUT2D eigenvalue weighted by Gasteiger charge is 2.16. The molecule has 0 saturated heterocycles. The van der Waals surface area contributed by atoms with Crippen LogP contribution in [-0.4, -0.2) is 25.5 Å². The smallest absolute Gasteiger partial charge is 0.266 e. The van der Waals surface area contributed by atoms with Crippen LogP contribution in [0.4, 0.5) is 15.8 Å². The fraction of sp³-hybridized carbons (Fsp3) is 0.115. The number of benzene rings is 3. The van der Waals surface area contributed by atoms with E-state index in [9.17, 15) is 19.2 Å². The molecule has 2 amide bonds. The van der Waals surface area contributed by atoms with E-state index in [0.29, 0.717) is 21.4 Å². The summed E-state index contributed by atoms with van der Waals surface area (Å²) in [5.41, 5.74) is 2.31. The van der Waals surface area contributed by atoms with Crippen LogP contribution in [0.3, 0.4) is 0 Å². The molecule has 0 bridgehead atoms. The number of para-hydroxylation sites is 1. The van der Waals surface area contributed by atoms with Crippen molar-refractivity contribution in [2.24, 2.45) is 0 Å². The van der Waals surface area contributed by atoms with E-state index >= 15 is 0 Å². The van der Waals surface area contributed by atoms with Crippen LogP contribution in [0.2, 0.25) is 0 Å². The van der Waals surface area contributed by atoms with Crippen LogP contribution in [-0.2, 0) is 9.59 Å². The molecule has 0 aliphatic rings. The maximum atomic E-state index is 13.0. The second-order valence-electron chi connectivity index (χ2n) is 7.32. The fourth-order valence-electron chi connectivity index (χ4n) is 3.05. The van der Waals surface area contributed by atoms with E-state index in [1.807, 2.05) is 25.1 Å². The molecule has 35 heavy (non-hydrogen) atoms. The summed E-state index contributed by atoms with van der Waals surface area (Å²) < 4.78 is 24.5. The van der Waals surface area contributed by atoms with Gasteiger partial charge in [-0.05, 0) is 82.5 Å². The minimum absolute atomic E-state index is 0.102. The van der Waals surface area contributed by atoms with Gasteiger partial charge in [-0.2, -0.15) is 5.26 Å². The van der Waals surface area contributed by atoms with Crippen molar-refractivity contribution in [3.8, 4) is 17.6 Å². The Hall–Kier alpha value is -4.16. The van der Waals surface area contributed by atoms with E-state index in [4.69, 9.17) is 9.47 Å². The highest BCUT2D eigenvalue weighted by molar-refractivity contribution is 9.10. The van der Waals surface area contributed by atoms with Crippen LogP contribution < -0.4 is 20.1 Å². The largest absolute Gasteiger partial charge is 0.493 e. The lowest BCUT2D eigenvalue weighted by atomic mass is 10.1. The van der Waals surface area contributed by atoms with Crippen molar-refractivity contribution in [3.63, 3.8) is 0 Å². The summed E-state index contributed by atoms with van der Waals surface area (Å²) in [5, 5.41) is 14.9. The van der Waals surface area contributed by atoms with E-state index < -0.39 is 17.6 Å². The zero-order chi connectivity index (χ0) is 25.4. The average Bonchev–Trinajstić information content (AvgIpc) is 2.84. The molecule has 0 radical (unpaired) electrons. The summed E-state index contributed by atoms with van der Waals surface area (Å²) in [6, 6.07) is 17.7. The molecule has 0 heterocycles. The lowest BCUT2D eigenvalue weighted by Gasteiger charge is -2.14. The molecule has 0 fully saturated rings. The molecule has 0 saturated carbocycles. The van der Waals surface area contributed by atoms with Crippen molar-refractivity contribution in [1.29, 1.82) is 5.26 Å². The normalized spacial score (nSPS) is 10.8. The number of hydrogen-bond acceptors (Lipinski definition) is 5. The van der Waals surface area contributed by atoms with Crippen molar-refractivity contribution >= 4 is 45.2 Å². The van der Waals surface area contributed by atoms with Crippen molar-refractivity contribution in [2.75, 3.05) is 24.4 Å². The molecule has 0 unspecified atom stereocenters. The standard InChI is InChI=1S/C26H21BrFN3O4/c1-16-5-3-4-6-22(16)31-26(33)18(14-29)11-17-12-21(27)25(23(13-17)34-2)35-15-24(32)30-20-9-7-19(28)8-10-20/h3-13H,15H2,1-2H3,(H,30,32)(H,31,33)/b18-11-. The number of nitrogens with one attached hydrogen (secondary N) is 2. The van der Waals surface area contributed by atoms with Gasteiger partial charge in [0.25, 0.3) is 11.8 Å². The van der Waals surface area contributed by atoms with Gasteiger partial charge in [-0.15, -0.1) is 0 Å². The van der Waals surface area contributed by atoms with Crippen molar-refractivity contribution in [2.45, 2.75) is 6.92 Å².